The Morgan fingerprint density at radius 3 is 2.43 bits per heavy atom. The predicted octanol–water partition coefficient (Wildman–Crippen LogP) is 1.90. The van der Waals surface area contributed by atoms with E-state index in [0.29, 0.717) is 5.33 Å². The van der Waals surface area contributed by atoms with E-state index >= 15 is 0 Å². The van der Waals surface area contributed by atoms with Crippen molar-refractivity contribution in [3.05, 3.63) is 0 Å². The van der Waals surface area contributed by atoms with E-state index in [1.54, 1.807) is 6.92 Å². The average molecular weight is 182 g/mol. The predicted molar refractivity (Wildman–Crippen MR) is 33.7 cm³/mol. The third kappa shape index (κ3) is 2.90. The fourth-order valence-electron chi connectivity index (χ4n) is 0.0299. The third-order valence-corrected chi connectivity index (χ3v) is 2.15. The molecule has 0 aromatic heterocycles. The van der Waals surface area contributed by atoms with E-state index in [1.165, 1.54) is 0 Å². The molecule has 3 heteroatoms. The van der Waals surface area contributed by atoms with Crippen molar-refractivity contribution in [3.63, 3.8) is 0 Å². The van der Waals surface area contributed by atoms with Gasteiger partial charge in [-0.25, -0.2) is 0 Å². The van der Waals surface area contributed by atoms with Crippen LogP contribution in [0.1, 0.15) is 6.92 Å². The van der Waals surface area contributed by atoms with Gasteiger partial charge in [0.15, 0.2) is 0 Å². The summed E-state index contributed by atoms with van der Waals surface area (Å²) < 4.78 is 0. The molecule has 0 fully saturated rings. The highest BCUT2D eigenvalue weighted by atomic mass is 79.9. The van der Waals surface area contributed by atoms with Crippen LogP contribution in [0.15, 0.2) is 0 Å². The molecule has 0 heterocycles. The zero-order valence-corrected chi connectivity index (χ0v) is 6.25. The van der Waals surface area contributed by atoms with Crippen molar-refractivity contribution in [2.75, 3.05) is 5.33 Å². The standard InChI is InChI=1S/C4H5BrClN/c1-4(6,2-5)3-7/h2H2,1H3/t4-/m0/s1. The number of halogens is 2. The van der Waals surface area contributed by atoms with Crippen molar-refractivity contribution in [1.29, 1.82) is 5.26 Å². The highest BCUT2D eigenvalue weighted by Gasteiger charge is 2.16. The Balaban J connectivity index is 3.66. The number of nitriles is 1. The first-order chi connectivity index (χ1) is 3.12. The lowest BCUT2D eigenvalue weighted by Crippen LogP contribution is -2.13. The molecule has 0 unspecified atom stereocenters. The second-order valence-electron chi connectivity index (χ2n) is 1.44. The van der Waals surface area contributed by atoms with E-state index in [9.17, 15) is 0 Å². The van der Waals surface area contributed by atoms with Gasteiger partial charge in [0.2, 0.25) is 0 Å². The molecule has 0 spiro atoms. The summed E-state index contributed by atoms with van der Waals surface area (Å²) in [6.07, 6.45) is 0. The molecule has 1 atom stereocenters. The molecule has 0 radical (unpaired) electrons. The molecule has 40 valence electrons. The molecule has 0 bridgehead atoms. The molecule has 0 rings (SSSR count). The summed E-state index contributed by atoms with van der Waals surface area (Å²) in [7, 11) is 0. The van der Waals surface area contributed by atoms with Gasteiger partial charge in [0.25, 0.3) is 0 Å². The van der Waals surface area contributed by atoms with Gasteiger partial charge in [-0.3, -0.25) is 0 Å². The van der Waals surface area contributed by atoms with Crippen molar-refractivity contribution in [2.45, 2.75) is 11.8 Å². The van der Waals surface area contributed by atoms with E-state index < -0.39 is 4.87 Å². The van der Waals surface area contributed by atoms with Crippen molar-refractivity contribution in [3.8, 4) is 6.07 Å². The molecule has 0 aromatic rings. The molecule has 0 saturated heterocycles. The Bertz CT molecular complexity index is 94.4. The van der Waals surface area contributed by atoms with Crippen LogP contribution in [0, 0.1) is 11.3 Å². The summed E-state index contributed by atoms with van der Waals surface area (Å²) in [5.41, 5.74) is 0. The van der Waals surface area contributed by atoms with E-state index in [0.717, 1.165) is 0 Å². The lowest BCUT2D eigenvalue weighted by Gasteiger charge is -2.03. The summed E-state index contributed by atoms with van der Waals surface area (Å²) in [5, 5.41) is 8.69. The first-order valence-corrected chi connectivity index (χ1v) is 3.28. The van der Waals surface area contributed by atoms with Crippen LogP contribution in [0.2, 0.25) is 0 Å². The van der Waals surface area contributed by atoms with Crippen LogP contribution in [-0.4, -0.2) is 10.2 Å². The quantitative estimate of drug-likeness (QED) is 0.568. The molecule has 0 N–H and O–H groups in total. The highest BCUT2D eigenvalue weighted by Crippen LogP contribution is 2.14. The fraction of sp³-hybridized carbons (Fsp3) is 0.750. The van der Waals surface area contributed by atoms with E-state index in [-0.39, 0.29) is 0 Å². The topological polar surface area (TPSA) is 23.8 Å². The largest absolute Gasteiger partial charge is 0.196 e. The molecular weight excluding hydrogens is 177 g/mol. The minimum atomic E-state index is -0.722. The fourth-order valence-corrected chi connectivity index (χ4v) is 0.155. The number of hydrogen-bond acceptors (Lipinski definition) is 1. The second kappa shape index (κ2) is 2.54. The first-order valence-electron chi connectivity index (χ1n) is 1.78. The van der Waals surface area contributed by atoms with Crippen molar-refractivity contribution in [2.24, 2.45) is 0 Å². The van der Waals surface area contributed by atoms with Crippen LogP contribution < -0.4 is 0 Å². The molecule has 0 amide bonds. The van der Waals surface area contributed by atoms with Gasteiger partial charge in [-0.1, -0.05) is 15.9 Å². The summed E-state index contributed by atoms with van der Waals surface area (Å²) in [5.74, 6) is 0. The zero-order chi connectivity index (χ0) is 5.91. The molecule has 1 nitrogen and oxygen atoms in total. The smallest absolute Gasteiger partial charge is 0.137 e. The molecule has 0 aliphatic heterocycles. The summed E-state index contributed by atoms with van der Waals surface area (Å²) in [6.45, 7) is 1.66. The Labute approximate surface area is 56.4 Å². The molecule has 7 heavy (non-hydrogen) atoms. The number of alkyl halides is 2. The monoisotopic (exact) mass is 181 g/mol. The van der Waals surface area contributed by atoms with Crippen LogP contribution in [0.4, 0.5) is 0 Å². The highest BCUT2D eigenvalue weighted by molar-refractivity contribution is 9.09. The minimum Gasteiger partial charge on any atom is -0.196 e. The number of rotatable bonds is 1. The maximum absolute atomic E-state index is 8.18. The Morgan fingerprint density at radius 2 is 2.43 bits per heavy atom. The third-order valence-electron chi connectivity index (χ3n) is 0.484. The van der Waals surface area contributed by atoms with Crippen LogP contribution in [-0.2, 0) is 0 Å². The van der Waals surface area contributed by atoms with Gasteiger partial charge in [-0.05, 0) is 6.92 Å². The zero-order valence-electron chi connectivity index (χ0n) is 3.91. The number of hydrogen-bond donors (Lipinski definition) is 0. The van der Waals surface area contributed by atoms with Crippen molar-refractivity contribution < 1.29 is 0 Å². The maximum Gasteiger partial charge on any atom is 0.137 e. The Kier molecular flexibility index (Phi) is 2.63. The van der Waals surface area contributed by atoms with Gasteiger partial charge in [0.05, 0.1) is 6.07 Å². The lowest BCUT2D eigenvalue weighted by atomic mass is 10.2. The van der Waals surface area contributed by atoms with Gasteiger partial charge in [0.1, 0.15) is 4.87 Å². The molecule has 0 aromatic carbocycles. The van der Waals surface area contributed by atoms with Crippen LogP contribution in [0.25, 0.3) is 0 Å². The molecule has 0 saturated carbocycles. The SMILES string of the molecule is C[C@@](Cl)(C#N)CBr. The van der Waals surface area contributed by atoms with Gasteiger partial charge in [0, 0.05) is 5.33 Å². The van der Waals surface area contributed by atoms with Gasteiger partial charge in [-0.15, -0.1) is 11.6 Å². The normalized spacial score (nSPS) is 17.4. The van der Waals surface area contributed by atoms with Crippen LogP contribution in [0.3, 0.4) is 0 Å². The lowest BCUT2D eigenvalue weighted by molar-refractivity contribution is 0.921. The summed E-state index contributed by atoms with van der Waals surface area (Å²) in [4.78, 5) is -0.722. The second-order valence-corrected chi connectivity index (χ2v) is 2.84. The van der Waals surface area contributed by atoms with E-state index in [1.807, 2.05) is 6.07 Å². The maximum atomic E-state index is 8.18. The van der Waals surface area contributed by atoms with Crippen molar-refractivity contribution >= 4 is 27.5 Å². The summed E-state index contributed by atoms with van der Waals surface area (Å²) in [6, 6.07) is 1.91. The Morgan fingerprint density at radius 1 is 2.00 bits per heavy atom. The van der Waals surface area contributed by atoms with Gasteiger partial charge >= 0.3 is 0 Å². The van der Waals surface area contributed by atoms with Gasteiger partial charge in [-0.2, -0.15) is 5.26 Å². The van der Waals surface area contributed by atoms with Crippen LogP contribution >= 0.6 is 27.5 Å². The Hall–Kier alpha value is 0.260. The van der Waals surface area contributed by atoms with Gasteiger partial charge < -0.3 is 0 Å². The first kappa shape index (κ1) is 7.26. The minimum absolute atomic E-state index is 0.512. The van der Waals surface area contributed by atoms with Crippen LogP contribution in [0.5, 0.6) is 0 Å². The van der Waals surface area contributed by atoms with E-state index in [2.05, 4.69) is 15.9 Å². The van der Waals surface area contributed by atoms with E-state index in [4.69, 9.17) is 16.9 Å². The number of nitrogens with zero attached hydrogens (tertiary/aromatic N) is 1. The molecule has 0 aliphatic rings. The van der Waals surface area contributed by atoms with Crippen molar-refractivity contribution in [1.82, 2.24) is 0 Å². The molecule has 0 aliphatic carbocycles. The summed E-state index contributed by atoms with van der Waals surface area (Å²) >= 11 is 8.57. The average Bonchev–Trinajstić information content (AvgIpc) is 1.68. The molecular formula is C4H5BrClN.